The van der Waals surface area contributed by atoms with Crippen LogP contribution in [0.4, 0.5) is 35.1 Å². The molecule has 0 heterocycles. The highest BCUT2D eigenvalue weighted by Crippen LogP contribution is 2.40. The Balaban J connectivity index is 6.45. The van der Waals surface area contributed by atoms with Gasteiger partial charge in [-0.2, -0.15) is 35.1 Å². The van der Waals surface area contributed by atoms with E-state index in [0.29, 0.717) is 4.90 Å². The molecule has 0 saturated carbocycles. The van der Waals surface area contributed by atoms with Crippen LogP contribution < -0.4 is 0 Å². The number of alkyl halides is 8. The second-order valence-electron chi connectivity index (χ2n) is 6.36. The van der Waals surface area contributed by atoms with E-state index in [2.05, 4.69) is 16.1 Å². The lowest BCUT2D eigenvalue weighted by Crippen LogP contribution is -2.63. The fourth-order valence-corrected chi connectivity index (χ4v) is 2.41. The summed E-state index contributed by atoms with van der Waals surface area (Å²) in [4.78, 5) is 24.6. The molecule has 0 aromatic heterocycles. The molecule has 1 amide bonds. The molecule has 0 aromatic rings. The van der Waals surface area contributed by atoms with E-state index < -0.39 is 76.6 Å². The highest BCUT2D eigenvalue weighted by atomic mass is 32.2. The molecule has 17 heteroatoms. The Hall–Kier alpha value is -2.01. The topological polar surface area (TPSA) is 113 Å². The average Bonchev–Trinajstić information content (AvgIpc) is 2.57. The molecule has 0 bridgehead atoms. The van der Waals surface area contributed by atoms with E-state index in [1.165, 1.54) is 0 Å². The Morgan fingerprint density at radius 2 is 1.53 bits per heavy atom. The molecule has 0 spiro atoms. The summed E-state index contributed by atoms with van der Waals surface area (Å²) in [6.07, 6.45) is -14.0. The monoisotopic (exact) mass is 508 g/mol. The third-order valence-electron chi connectivity index (χ3n) is 3.77. The van der Waals surface area contributed by atoms with Crippen LogP contribution in [0.5, 0.6) is 0 Å². The summed E-state index contributed by atoms with van der Waals surface area (Å²) in [6.45, 7) is 3.11. The molecule has 0 aliphatic rings. The summed E-state index contributed by atoms with van der Waals surface area (Å²) in [5, 5.41) is -5.17. The summed E-state index contributed by atoms with van der Waals surface area (Å²) in [7, 11) is -6.38. The van der Waals surface area contributed by atoms with Crippen LogP contribution in [0, 0.1) is 0 Å². The lowest BCUT2D eigenvalue weighted by Gasteiger charge is -2.38. The summed E-state index contributed by atoms with van der Waals surface area (Å²) < 4.78 is 145. The molecule has 0 rings (SSSR count). The molecule has 1 atom stereocenters. The SMILES string of the molecule is C=C(C(=O)OC(OCCC(F)(F)S(=O)(=O)[O-])(C(=O)N(CC)C(C)C)C(F)(F)F)C(F)(F)F. The molecule has 0 N–H and O–H groups in total. The molecule has 0 saturated heterocycles. The molecule has 8 nitrogen and oxygen atoms in total. The standard InChI is InChI=1S/C15H19F8NO7S/c1-5-24(8(2)3)11(26)13(15(21,22)23,31-10(25)9(4)14(18,19)20)30-7-6-12(16,17)32(27,28)29/h8H,4-7H2,1-3H3,(H,27,28,29)/p-1. The van der Waals surface area contributed by atoms with Crippen molar-refractivity contribution in [1.29, 1.82) is 0 Å². The zero-order valence-corrected chi connectivity index (χ0v) is 17.5. The van der Waals surface area contributed by atoms with Gasteiger partial charge in [0.1, 0.15) is 5.57 Å². The van der Waals surface area contributed by atoms with Gasteiger partial charge in [-0.1, -0.05) is 6.58 Å². The highest BCUT2D eigenvalue weighted by Gasteiger charge is 2.68. The van der Waals surface area contributed by atoms with Crippen LogP contribution in [-0.4, -0.2) is 72.3 Å². The minimum atomic E-state index is -6.38. The molecule has 0 aromatic carbocycles. The Labute approximate surface area is 176 Å². The molecular formula is C15H18F8NO7S-. The van der Waals surface area contributed by atoms with Gasteiger partial charge in [0, 0.05) is 19.0 Å². The van der Waals surface area contributed by atoms with E-state index in [1.54, 1.807) is 0 Å². The smallest absolute Gasteiger partial charge is 0.466 e. The van der Waals surface area contributed by atoms with E-state index in [9.17, 15) is 57.7 Å². The first-order valence-corrected chi connectivity index (χ1v) is 9.80. The van der Waals surface area contributed by atoms with Crippen molar-refractivity contribution >= 4 is 22.0 Å². The Morgan fingerprint density at radius 1 is 1.06 bits per heavy atom. The van der Waals surface area contributed by atoms with E-state index in [1.807, 2.05) is 0 Å². The van der Waals surface area contributed by atoms with Crippen LogP contribution in [-0.2, 0) is 29.2 Å². The zero-order chi connectivity index (χ0) is 25.9. The van der Waals surface area contributed by atoms with Crippen molar-refractivity contribution in [3.8, 4) is 0 Å². The summed E-state index contributed by atoms with van der Waals surface area (Å²) in [6, 6.07) is -1.08. The number of carbonyl (C=O) groups is 2. The van der Waals surface area contributed by atoms with Gasteiger partial charge < -0.3 is 18.9 Å². The van der Waals surface area contributed by atoms with E-state index >= 15 is 0 Å². The molecule has 0 radical (unpaired) electrons. The van der Waals surface area contributed by atoms with E-state index in [0.717, 1.165) is 20.8 Å². The summed E-state index contributed by atoms with van der Waals surface area (Å²) in [5.74, 6) is -9.99. The van der Waals surface area contributed by atoms with Crippen molar-refractivity contribution in [3.63, 3.8) is 0 Å². The predicted molar refractivity (Wildman–Crippen MR) is 87.8 cm³/mol. The first kappa shape index (κ1) is 30.0. The van der Waals surface area contributed by atoms with Crippen molar-refractivity contribution in [2.24, 2.45) is 0 Å². The summed E-state index contributed by atoms with van der Waals surface area (Å²) in [5.41, 5.74) is -2.48. The predicted octanol–water partition coefficient (Wildman–Crippen LogP) is 2.71. The molecule has 188 valence electrons. The quantitative estimate of drug-likeness (QED) is 0.147. The minimum absolute atomic E-state index is 0.333. The van der Waals surface area contributed by atoms with Gasteiger partial charge in [-0.05, 0) is 20.8 Å². The number of hydrogen-bond acceptors (Lipinski definition) is 7. The van der Waals surface area contributed by atoms with Gasteiger partial charge in [0.15, 0.2) is 10.1 Å². The molecule has 0 fully saturated rings. The van der Waals surface area contributed by atoms with Gasteiger partial charge >= 0.3 is 35.3 Å². The molecule has 0 aliphatic heterocycles. The van der Waals surface area contributed by atoms with Crippen LogP contribution >= 0.6 is 0 Å². The fraction of sp³-hybridized carbons (Fsp3) is 0.733. The third kappa shape index (κ3) is 6.74. The van der Waals surface area contributed by atoms with Gasteiger partial charge in [0.25, 0.3) is 0 Å². The number of amides is 1. The minimum Gasteiger partial charge on any atom is -0.743 e. The van der Waals surface area contributed by atoms with Crippen molar-refractivity contribution in [2.45, 2.75) is 56.6 Å². The van der Waals surface area contributed by atoms with Crippen LogP contribution in [0.2, 0.25) is 0 Å². The largest absolute Gasteiger partial charge is 0.743 e. The number of ether oxygens (including phenoxy) is 2. The fourth-order valence-electron chi connectivity index (χ4n) is 2.07. The van der Waals surface area contributed by atoms with Crippen molar-refractivity contribution in [1.82, 2.24) is 4.90 Å². The Morgan fingerprint density at radius 3 is 1.84 bits per heavy atom. The maximum absolute atomic E-state index is 13.8. The van der Waals surface area contributed by atoms with Crippen LogP contribution in [0.3, 0.4) is 0 Å². The number of carbonyl (C=O) groups excluding carboxylic acids is 2. The van der Waals surface area contributed by atoms with Gasteiger partial charge in [-0.15, -0.1) is 0 Å². The first-order valence-electron chi connectivity index (χ1n) is 8.39. The number of hydrogen-bond donors (Lipinski definition) is 0. The van der Waals surface area contributed by atoms with Crippen molar-refractivity contribution < 1.29 is 67.2 Å². The van der Waals surface area contributed by atoms with Crippen molar-refractivity contribution in [2.75, 3.05) is 13.2 Å². The normalized spacial score (nSPS) is 15.3. The second kappa shape index (κ2) is 9.86. The third-order valence-corrected chi connectivity index (χ3v) is 4.70. The molecule has 0 aliphatic carbocycles. The number of esters is 1. The zero-order valence-electron chi connectivity index (χ0n) is 16.6. The van der Waals surface area contributed by atoms with Crippen LogP contribution in [0.1, 0.15) is 27.2 Å². The average molecular weight is 508 g/mol. The molecule has 32 heavy (non-hydrogen) atoms. The molecule has 1 unspecified atom stereocenters. The number of nitrogens with zero attached hydrogens (tertiary/aromatic N) is 1. The van der Waals surface area contributed by atoms with E-state index in [4.69, 9.17) is 0 Å². The highest BCUT2D eigenvalue weighted by molar-refractivity contribution is 7.86. The number of halogens is 8. The van der Waals surface area contributed by atoms with Gasteiger partial charge in [-0.25, -0.2) is 13.2 Å². The maximum Gasteiger partial charge on any atom is 0.466 e. The first-order chi connectivity index (χ1) is 14.0. The Kier molecular flexibility index (Phi) is 9.24. The van der Waals surface area contributed by atoms with Crippen LogP contribution in [0.25, 0.3) is 0 Å². The number of rotatable bonds is 10. The summed E-state index contributed by atoms with van der Waals surface area (Å²) >= 11 is 0. The van der Waals surface area contributed by atoms with Gasteiger partial charge in [-0.3, -0.25) is 4.79 Å². The van der Waals surface area contributed by atoms with Gasteiger partial charge in [0.2, 0.25) is 0 Å². The Bertz CT molecular complexity index is 823. The van der Waals surface area contributed by atoms with Gasteiger partial charge in [0.05, 0.1) is 6.61 Å². The lowest BCUT2D eigenvalue weighted by atomic mass is 10.1. The van der Waals surface area contributed by atoms with E-state index in [-0.39, 0.29) is 0 Å². The van der Waals surface area contributed by atoms with Crippen LogP contribution in [0.15, 0.2) is 12.2 Å². The maximum atomic E-state index is 13.8. The molecular weight excluding hydrogens is 490 g/mol. The van der Waals surface area contributed by atoms with Crippen molar-refractivity contribution in [3.05, 3.63) is 12.2 Å². The second-order valence-corrected chi connectivity index (χ2v) is 7.86. The number of likely N-dealkylation sites (N-methyl/N-ethyl adjacent to an activating group) is 1. The lowest BCUT2D eigenvalue weighted by molar-refractivity contribution is -0.352.